The van der Waals surface area contributed by atoms with Crippen LogP contribution in [0.4, 0.5) is 0 Å². The predicted molar refractivity (Wildman–Crippen MR) is 106 cm³/mol. The molecule has 2 aromatic rings. The molecule has 0 saturated carbocycles. The highest BCUT2D eigenvalue weighted by molar-refractivity contribution is 7.92. The summed E-state index contributed by atoms with van der Waals surface area (Å²) in [4.78, 5) is 12.4. The molecular formula is C21H25NO5S. The number of aliphatic hydroxyl groups excluding tert-OH is 1. The van der Waals surface area contributed by atoms with E-state index in [2.05, 4.69) is 5.32 Å². The Kier molecular flexibility index (Phi) is 6.05. The van der Waals surface area contributed by atoms with Crippen molar-refractivity contribution in [3.05, 3.63) is 59.2 Å². The first-order valence-electron chi connectivity index (χ1n) is 9.30. The van der Waals surface area contributed by atoms with Gasteiger partial charge < -0.3 is 15.2 Å². The summed E-state index contributed by atoms with van der Waals surface area (Å²) in [5.74, 6) is 0.617. The average Bonchev–Trinajstić information content (AvgIpc) is 3.14. The van der Waals surface area contributed by atoms with Gasteiger partial charge in [-0.15, -0.1) is 0 Å². The van der Waals surface area contributed by atoms with E-state index in [1.807, 2.05) is 12.1 Å². The number of ether oxygens (including phenoxy) is 1. The molecule has 28 heavy (non-hydrogen) atoms. The molecule has 0 bridgehead atoms. The molecule has 3 rings (SSSR count). The Balaban J connectivity index is 1.54. The van der Waals surface area contributed by atoms with Crippen molar-refractivity contribution in [2.75, 3.05) is 13.2 Å². The molecule has 1 unspecified atom stereocenters. The minimum Gasteiger partial charge on any atom is -0.493 e. The number of benzene rings is 2. The summed E-state index contributed by atoms with van der Waals surface area (Å²) in [5, 5.41) is 12.6. The third kappa shape index (κ3) is 4.54. The number of fused-ring (bicyclic) bond motifs is 1. The third-order valence-corrected chi connectivity index (χ3v) is 7.00. The highest BCUT2D eigenvalue weighted by atomic mass is 32.2. The van der Waals surface area contributed by atoms with Gasteiger partial charge in [-0.3, -0.25) is 4.79 Å². The summed E-state index contributed by atoms with van der Waals surface area (Å²) in [6.07, 6.45) is 0.144. The van der Waals surface area contributed by atoms with Crippen LogP contribution < -0.4 is 10.1 Å². The van der Waals surface area contributed by atoms with E-state index in [0.29, 0.717) is 12.2 Å². The third-order valence-electron chi connectivity index (χ3n) is 4.83. The summed E-state index contributed by atoms with van der Waals surface area (Å²) in [6, 6.07) is 11.9. The second-order valence-corrected chi connectivity index (χ2v) is 9.70. The Bertz CT molecular complexity index is 951. The van der Waals surface area contributed by atoms with E-state index in [-0.39, 0.29) is 23.8 Å². The fourth-order valence-corrected chi connectivity index (χ4v) is 4.12. The lowest BCUT2D eigenvalue weighted by Crippen LogP contribution is -2.29. The summed E-state index contributed by atoms with van der Waals surface area (Å²) < 4.78 is 29.7. The smallest absolute Gasteiger partial charge is 0.224 e. The highest BCUT2D eigenvalue weighted by Crippen LogP contribution is 2.28. The molecule has 1 heterocycles. The molecular weight excluding hydrogens is 378 g/mol. The lowest BCUT2D eigenvalue weighted by atomic mass is 10.0. The normalized spacial score (nSPS) is 14.4. The molecule has 0 spiro atoms. The quantitative estimate of drug-likeness (QED) is 0.739. The Morgan fingerprint density at radius 3 is 2.57 bits per heavy atom. The lowest BCUT2D eigenvalue weighted by molar-refractivity contribution is -0.120. The van der Waals surface area contributed by atoms with Crippen LogP contribution in [0.1, 0.15) is 36.6 Å². The van der Waals surface area contributed by atoms with Crippen LogP contribution in [0.15, 0.2) is 47.4 Å². The standard InChI is InChI=1S/C21H25NO5S/c1-14(2)28(25,26)18-6-3-15(4-7-18)11-21(24)22-13-19(23)16-5-8-20-17(12-16)9-10-27-20/h3-8,12,14,19,23H,9-11,13H2,1-2H3,(H,22,24). The molecule has 0 radical (unpaired) electrons. The van der Waals surface area contributed by atoms with Crippen molar-refractivity contribution in [3.8, 4) is 5.75 Å². The van der Waals surface area contributed by atoms with Gasteiger partial charge in [0.15, 0.2) is 9.84 Å². The van der Waals surface area contributed by atoms with Crippen LogP contribution in [0.2, 0.25) is 0 Å². The highest BCUT2D eigenvalue weighted by Gasteiger charge is 2.19. The summed E-state index contributed by atoms with van der Waals surface area (Å²) in [7, 11) is -3.32. The topological polar surface area (TPSA) is 92.7 Å². The van der Waals surface area contributed by atoms with Gasteiger partial charge in [-0.05, 0) is 54.8 Å². The second-order valence-electron chi connectivity index (χ2n) is 7.20. The summed E-state index contributed by atoms with van der Waals surface area (Å²) in [6.45, 7) is 4.03. The molecule has 0 saturated heterocycles. The van der Waals surface area contributed by atoms with Crippen molar-refractivity contribution in [1.29, 1.82) is 0 Å². The van der Waals surface area contributed by atoms with Crippen molar-refractivity contribution in [1.82, 2.24) is 5.32 Å². The molecule has 0 aromatic heterocycles. The van der Waals surface area contributed by atoms with E-state index in [1.54, 1.807) is 32.0 Å². The van der Waals surface area contributed by atoms with E-state index >= 15 is 0 Å². The monoisotopic (exact) mass is 403 g/mol. The van der Waals surface area contributed by atoms with Crippen molar-refractivity contribution in [2.45, 2.75) is 42.9 Å². The first kappa shape index (κ1) is 20.4. The van der Waals surface area contributed by atoms with Crippen LogP contribution >= 0.6 is 0 Å². The Labute approximate surface area is 165 Å². The molecule has 0 aliphatic carbocycles. The molecule has 1 aliphatic heterocycles. The van der Waals surface area contributed by atoms with E-state index < -0.39 is 21.2 Å². The fourth-order valence-electron chi connectivity index (χ4n) is 3.06. The van der Waals surface area contributed by atoms with Crippen LogP contribution in [0.25, 0.3) is 0 Å². The SMILES string of the molecule is CC(C)S(=O)(=O)c1ccc(CC(=O)NCC(O)c2ccc3c(c2)CCO3)cc1. The molecule has 2 aromatic carbocycles. The lowest BCUT2D eigenvalue weighted by Gasteiger charge is -2.13. The maximum absolute atomic E-state index is 12.2. The molecule has 1 aliphatic rings. The van der Waals surface area contributed by atoms with E-state index in [4.69, 9.17) is 4.74 Å². The van der Waals surface area contributed by atoms with Gasteiger partial charge in [-0.25, -0.2) is 8.42 Å². The first-order valence-corrected chi connectivity index (χ1v) is 10.8. The molecule has 1 amide bonds. The predicted octanol–water partition coefficient (Wildman–Crippen LogP) is 2.20. The Morgan fingerprint density at radius 2 is 1.89 bits per heavy atom. The number of aliphatic hydroxyl groups is 1. The van der Waals surface area contributed by atoms with Gasteiger partial charge in [0.25, 0.3) is 0 Å². The number of amides is 1. The van der Waals surface area contributed by atoms with Gasteiger partial charge in [0.05, 0.1) is 29.3 Å². The molecule has 1 atom stereocenters. The Morgan fingerprint density at radius 1 is 1.18 bits per heavy atom. The number of sulfone groups is 1. The number of hydrogen-bond acceptors (Lipinski definition) is 5. The van der Waals surface area contributed by atoms with Gasteiger partial charge in [-0.2, -0.15) is 0 Å². The molecule has 2 N–H and O–H groups in total. The van der Waals surface area contributed by atoms with E-state index in [0.717, 1.165) is 23.3 Å². The van der Waals surface area contributed by atoms with Gasteiger partial charge in [-0.1, -0.05) is 18.2 Å². The van der Waals surface area contributed by atoms with E-state index in [1.165, 1.54) is 12.1 Å². The second kappa shape index (κ2) is 8.32. The largest absolute Gasteiger partial charge is 0.493 e. The van der Waals surface area contributed by atoms with Gasteiger partial charge in [0, 0.05) is 13.0 Å². The summed E-state index contributed by atoms with van der Waals surface area (Å²) >= 11 is 0. The van der Waals surface area contributed by atoms with E-state index in [9.17, 15) is 18.3 Å². The van der Waals surface area contributed by atoms with Crippen molar-refractivity contribution in [2.24, 2.45) is 0 Å². The van der Waals surface area contributed by atoms with Crippen LogP contribution in [-0.2, 0) is 27.5 Å². The number of rotatable bonds is 7. The van der Waals surface area contributed by atoms with Crippen molar-refractivity contribution >= 4 is 15.7 Å². The number of carbonyl (C=O) groups is 1. The number of nitrogens with one attached hydrogen (secondary N) is 1. The average molecular weight is 404 g/mol. The fraction of sp³-hybridized carbons (Fsp3) is 0.381. The van der Waals surface area contributed by atoms with Crippen molar-refractivity contribution in [3.63, 3.8) is 0 Å². The van der Waals surface area contributed by atoms with Crippen LogP contribution in [0, 0.1) is 0 Å². The van der Waals surface area contributed by atoms with Crippen LogP contribution in [-0.4, -0.2) is 37.8 Å². The summed E-state index contributed by atoms with van der Waals surface area (Å²) in [5.41, 5.74) is 2.52. The van der Waals surface area contributed by atoms with Gasteiger partial charge in [0.2, 0.25) is 5.91 Å². The maximum Gasteiger partial charge on any atom is 0.224 e. The van der Waals surface area contributed by atoms with Crippen molar-refractivity contribution < 1.29 is 23.1 Å². The Hall–Kier alpha value is -2.38. The van der Waals surface area contributed by atoms with Gasteiger partial charge in [0.1, 0.15) is 5.75 Å². The number of carbonyl (C=O) groups excluding carboxylic acids is 1. The molecule has 7 heteroatoms. The first-order chi connectivity index (χ1) is 13.3. The maximum atomic E-state index is 12.2. The minimum atomic E-state index is -3.32. The van der Waals surface area contributed by atoms with Gasteiger partial charge >= 0.3 is 0 Å². The molecule has 150 valence electrons. The van der Waals surface area contributed by atoms with Crippen LogP contribution in [0.5, 0.6) is 5.75 Å². The zero-order valence-electron chi connectivity index (χ0n) is 16.0. The van der Waals surface area contributed by atoms with Crippen LogP contribution in [0.3, 0.4) is 0 Å². The zero-order valence-corrected chi connectivity index (χ0v) is 16.8. The number of hydrogen-bond donors (Lipinski definition) is 2. The minimum absolute atomic E-state index is 0.109. The molecule has 6 nitrogen and oxygen atoms in total. The zero-order chi connectivity index (χ0) is 20.3. The molecule has 0 fully saturated rings.